The summed E-state index contributed by atoms with van der Waals surface area (Å²) >= 11 is 1.31. The van der Waals surface area contributed by atoms with Crippen LogP contribution < -0.4 is 5.56 Å². The van der Waals surface area contributed by atoms with E-state index in [1.807, 2.05) is 0 Å². The van der Waals surface area contributed by atoms with Gasteiger partial charge in [0.2, 0.25) is 5.78 Å². The van der Waals surface area contributed by atoms with E-state index in [2.05, 4.69) is 4.98 Å². The van der Waals surface area contributed by atoms with E-state index in [-0.39, 0.29) is 23.5 Å². The number of carbonyl (C=O) groups excluding carboxylic acids is 2. The second-order valence-electron chi connectivity index (χ2n) is 6.86. The molecule has 28 heavy (non-hydrogen) atoms. The monoisotopic (exact) mass is 396 g/mol. The summed E-state index contributed by atoms with van der Waals surface area (Å²) in [5.41, 5.74) is 0.722. The van der Waals surface area contributed by atoms with Gasteiger partial charge in [-0.2, -0.15) is 0 Å². The lowest BCUT2D eigenvalue weighted by atomic mass is 10.1. The molecule has 0 atom stereocenters. The number of hydrogen-bond donors (Lipinski definition) is 0. The number of thiophene rings is 1. The second kappa shape index (κ2) is 8.06. The van der Waals surface area contributed by atoms with Crippen molar-refractivity contribution in [2.24, 2.45) is 0 Å². The quantitative estimate of drug-likeness (QED) is 0.497. The van der Waals surface area contributed by atoms with Gasteiger partial charge in [0.25, 0.3) is 5.56 Å². The molecule has 0 saturated heterocycles. The minimum absolute atomic E-state index is 0.0605. The van der Waals surface area contributed by atoms with E-state index < -0.39 is 5.97 Å². The lowest BCUT2D eigenvalue weighted by molar-refractivity contribution is 0.0476. The molecule has 0 unspecified atom stereocenters. The average Bonchev–Trinajstić information content (AvgIpc) is 3.22. The molecule has 3 aromatic rings. The Morgan fingerprint density at radius 3 is 2.82 bits per heavy atom. The van der Waals surface area contributed by atoms with Gasteiger partial charge in [-0.3, -0.25) is 14.2 Å². The van der Waals surface area contributed by atoms with Gasteiger partial charge in [-0.15, -0.1) is 11.3 Å². The highest BCUT2D eigenvalue weighted by molar-refractivity contribution is 7.12. The summed E-state index contributed by atoms with van der Waals surface area (Å²) in [6.45, 7) is 0.378. The summed E-state index contributed by atoms with van der Waals surface area (Å²) < 4.78 is 6.91. The van der Waals surface area contributed by atoms with E-state index in [1.54, 1.807) is 40.3 Å². The SMILES string of the molecule is O=C(OCC(=O)c1cccs1)c1ccc2c(=O)n3c(nc2c1)CCCCCC3. The number of esters is 1. The van der Waals surface area contributed by atoms with Crippen molar-refractivity contribution in [1.82, 2.24) is 9.55 Å². The van der Waals surface area contributed by atoms with E-state index in [4.69, 9.17) is 4.74 Å². The molecule has 0 aliphatic carbocycles. The Kier molecular flexibility index (Phi) is 5.34. The summed E-state index contributed by atoms with van der Waals surface area (Å²) in [5, 5.41) is 2.29. The van der Waals surface area contributed by atoms with Gasteiger partial charge in [-0.05, 0) is 42.5 Å². The number of Topliss-reactive ketones (excluding diaryl/α,β-unsaturated/α-hetero) is 1. The Balaban J connectivity index is 1.58. The zero-order valence-corrected chi connectivity index (χ0v) is 16.2. The molecule has 3 heterocycles. The predicted octanol–water partition coefficient (Wildman–Crippen LogP) is 3.61. The minimum atomic E-state index is -0.597. The maximum absolute atomic E-state index is 12.8. The van der Waals surface area contributed by atoms with Gasteiger partial charge >= 0.3 is 5.97 Å². The number of benzene rings is 1. The van der Waals surface area contributed by atoms with E-state index in [0.29, 0.717) is 22.3 Å². The van der Waals surface area contributed by atoms with Crippen molar-refractivity contribution in [1.29, 1.82) is 0 Å². The first kappa shape index (κ1) is 18.6. The third-order valence-corrected chi connectivity index (χ3v) is 5.84. The molecule has 0 bridgehead atoms. The van der Waals surface area contributed by atoms with Gasteiger partial charge in [-0.1, -0.05) is 18.9 Å². The number of fused-ring (bicyclic) bond motifs is 2. The number of hydrogen-bond acceptors (Lipinski definition) is 6. The van der Waals surface area contributed by atoms with Crippen LogP contribution in [-0.4, -0.2) is 27.9 Å². The van der Waals surface area contributed by atoms with Crippen LogP contribution in [0.4, 0.5) is 0 Å². The number of ether oxygens (including phenoxy) is 1. The topological polar surface area (TPSA) is 78.3 Å². The smallest absolute Gasteiger partial charge is 0.338 e. The fourth-order valence-corrected chi connectivity index (χ4v) is 4.10. The van der Waals surface area contributed by atoms with Crippen LogP contribution in [0, 0.1) is 0 Å². The Labute approximate surface area is 165 Å². The highest BCUT2D eigenvalue weighted by Gasteiger charge is 2.16. The molecular weight excluding hydrogens is 376 g/mol. The molecule has 2 aromatic heterocycles. The Hall–Kier alpha value is -2.80. The average molecular weight is 396 g/mol. The maximum atomic E-state index is 12.8. The summed E-state index contributed by atoms with van der Waals surface area (Å²) in [6, 6.07) is 8.22. The molecule has 4 rings (SSSR count). The zero-order valence-electron chi connectivity index (χ0n) is 15.3. The number of aryl methyl sites for hydroxylation is 1. The third-order valence-electron chi connectivity index (χ3n) is 4.93. The summed E-state index contributed by atoms with van der Waals surface area (Å²) in [6.07, 6.45) is 5.00. The van der Waals surface area contributed by atoms with Crippen LogP contribution in [0.25, 0.3) is 10.9 Å². The Morgan fingerprint density at radius 1 is 1.14 bits per heavy atom. The molecule has 0 radical (unpaired) electrons. The minimum Gasteiger partial charge on any atom is -0.454 e. The van der Waals surface area contributed by atoms with Crippen molar-refractivity contribution in [2.75, 3.05) is 6.61 Å². The zero-order chi connectivity index (χ0) is 19.5. The first-order chi connectivity index (χ1) is 13.6. The van der Waals surface area contributed by atoms with E-state index in [0.717, 1.165) is 37.9 Å². The lowest BCUT2D eigenvalue weighted by Gasteiger charge is -2.16. The fraction of sp³-hybridized carbons (Fsp3) is 0.333. The Morgan fingerprint density at radius 2 is 2.00 bits per heavy atom. The number of rotatable bonds is 4. The number of aromatic nitrogens is 2. The molecule has 0 saturated carbocycles. The standard InChI is InChI=1S/C21H20N2O4S/c24-17(18-6-5-11-28-18)13-27-21(26)14-8-9-15-16(12-14)22-19-7-3-1-2-4-10-23(19)20(15)25/h5-6,8-9,11-12H,1-4,7,10,13H2. The molecule has 1 aromatic carbocycles. The van der Waals surface area contributed by atoms with Crippen molar-refractivity contribution in [3.05, 3.63) is 62.3 Å². The Bertz CT molecular complexity index is 1090. The molecular formula is C21H20N2O4S. The van der Waals surface area contributed by atoms with Crippen LogP contribution in [0.5, 0.6) is 0 Å². The largest absolute Gasteiger partial charge is 0.454 e. The number of nitrogens with zero attached hydrogens (tertiary/aromatic N) is 2. The van der Waals surface area contributed by atoms with Crippen molar-refractivity contribution >= 4 is 34.0 Å². The predicted molar refractivity (Wildman–Crippen MR) is 107 cm³/mol. The van der Waals surface area contributed by atoms with Gasteiger partial charge in [0.1, 0.15) is 5.82 Å². The molecule has 144 valence electrons. The van der Waals surface area contributed by atoms with E-state index in [1.165, 1.54) is 11.3 Å². The molecule has 1 aliphatic heterocycles. The van der Waals surface area contributed by atoms with Gasteiger partial charge in [0.15, 0.2) is 6.61 Å². The maximum Gasteiger partial charge on any atom is 0.338 e. The molecule has 0 fully saturated rings. The normalized spacial score (nSPS) is 14.1. The molecule has 0 spiro atoms. The van der Waals surface area contributed by atoms with Crippen molar-refractivity contribution in [3.8, 4) is 0 Å². The summed E-state index contributed by atoms with van der Waals surface area (Å²) in [5.74, 6) is -0.0575. The molecule has 6 nitrogen and oxygen atoms in total. The van der Waals surface area contributed by atoms with E-state index in [9.17, 15) is 14.4 Å². The van der Waals surface area contributed by atoms with Crippen LogP contribution >= 0.6 is 11.3 Å². The molecule has 7 heteroatoms. The van der Waals surface area contributed by atoms with E-state index >= 15 is 0 Å². The van der Waals surface area contributed by atoms with Crippen molar-refractivity contribution in [3.63, 3.8) is 0 Å². The first-order valence-corrected chi connectivity index (χ1v) is 10.3. The van der Waals surface area contributed by atoms with Gasteiger partial charge in [0.05, 0.1) is 21.3 Å². The van der Waals surface area contributed by atoms with Gasteiger partial charge < -0.3 is 4.74 Å². The third kappa shape index (κ3) is 3.75. The summed E-state index contributed by atoms with van der Waals surface area (Å²) in [7, 11) is 0. The van der Waals surface area contributed by atoms with Crippen LogP contribution in [0.3, 0.4) is 0 Å². The molecule has 1 aliphatic rings. The fourth-order valence-electron chi connectivity index (χ4n) is 3.44. The second-order valence-corrected chi connectivity index (χ2v) is 7.81. The van der Waals surface area contributed by atoms with Gasteiger partial charge in [-0.25, -0.2) is 9.78 Å². The van der Waals surface area contributed by atoms with Crippen LogP contribution in [0.15, 0.2) is 40.5 Å². The van der Waals surface area contributed by atoms with Crippen LogP contribution in [0.2, 0.25) is 0 Å². The molecule has 0 N–H and O–H groups in total. The van der Waals surface area contributed by atoms with Gasteiger partial charge in [0, 0.05) is 13.0 Å². The van der Waals surface area contributed by atoms with Crippen LogP contribution in [-0.2, 0) is 17.7 Å². The first-order valence-electron chi connectivity index (χ1n) is 9.41. The number of carbonyl (C=O) groups is 2. The number of ketones is 1. The summed E-state index contributed by atoms with van der Waals surface area (Å²) in [4.78, 5) is 42.4. The molecule has 0 amide bonds. The van der Waals surface area contributed by atoms with Crippen LogP contribution in [0.1, 0.15) is 51.5 Å². The lowest BCUT2D eigenvalue weighted by Crippen LogP contribution is -2.26. The van der Waals surface area contributed by atoms with Crippen molar-refractivity contribution < 1.29 is 14.3 Å². The highest BCUT2D eigenvalue weighted by Crippen LogP contribution is 2.17. The van der Waals surface area contributed by atoms with Crippen molar-refractivity contribution in [2.45, 2.75) is 38.6 Å². The highest BCUT2D eigenvalue weighted by atomic mass is 32.1.